The van der Waals surface area contributed by atoms with Crippen LogP contribution in [0, 0.1) is 0 Å². The third kappa shape index (κ3) is 6.65. The second kappa shape index (κ2) is 12.2. The van der Waals surface area contributed by atoms with Crippen LogP contribution >= 0.6 is 0 Å². The van der Waals surface area contributed by atoms with Gasteiger partial charge in [0.15, 0.2) is 0 Å². The number of benzene rings is 4. The van der Waals surface area contributed by atoms with Crippen molar-refractivity contribution >= 4 is 17.3 Å². The van der Waals surface area contributed by atoms with Gasteiger partial charge in [0.2, 0.25) is 5.91 Å². The highest BCUT2D eigenvalue weighted by Gasteiger charge is 2.29. The number of rotatable bonds is 10. The number of hydrogen-bond acceptors (Lipinski definition) is 5. The van der Waals surface area contributed by atoms with Crippen LogP contribution in [0.15, 0.2) is 109 Å². The van der Waals surface area contributed by atoms with Gasteiger partial charge in [-0.25, -0.2) is 0 Å². The van der Waals surface area contributed by atoms with E-state index < -0.39 is 0 Å². The molecule has 1 aliphatic rings. The number of nitrogens with zero attached hydrogens (tertiary/aromatic N) is 2. The van der Waals surface area contributed by atoms with E-state index in [9.17, 15) is 4.79 Å². The fourth-order valence-corrected chi connectivity index (χ4v) is 4.84. The summed E-state index contributed by atoms with van der Waals surface area (Å²) in [5, 5.41) is 0. The van der Waals surface area contributed by atoms with Gasteiger partial charge in [-0.05, 0) is 35.4 Å². The van der Waals surface area contributed by atoms with Crippen molar-refractivity contribution in [3.63, 3.8) is 0 Å². The van der Waals surface area contributed by atoms with E-state index in [-0.39, 0.29) is 18.4 Å². The maximum atomic E-state index is 12.0. The average Bonchev–Trinajstić information content (AvgIpc) is 2.96. The summed E-state index contributed by atoms with van der Waals surface area (Å²) in [6, 6.07) is 36.4. The predicted molar refractivity (Wildman–Crippen MR) is 152 cm³/mol. The van der Waals surface area contributed by atoms with Gasteiger partial charge >= 0.3 is 0 Å². The number of anilines is 2. The Labute approximate surface area is 224 Å². The summed E-state index contributed by atoms with van der Waals surface area (Å²) in [7, 11) is 0. The highest BCUT2D eigenvalue weighted by Crippen LogP contribution is 2.30. The number of primary amides is 1. The molecule has 1 heterocycles. The molecule has 0 aliphatic carbocycles. The Morgan fingerprint density at radius 3 is 1.84 bits per heavy atom. The van der Waals surface area contributed by atoms with Crippen molar-refractivity contribution in [1.82, 2.24) is 0 Å². The Balaban J connectivity index is 1.27. The molecule has 4 aromatic carbocycles. The number of ether oxygens (including phenoxy) is 2. The summed E-state index contributed by atoms with van der Waals surface area (Å²) in [4.78, 5) is 16.6. The molecular weight excluding hydrogens is 474 g/mol. The molecule has 0 radical (unpaired) electrons. The molecule has 0 saturated carbocycles. The Bertz CT molecular complexity index is 1330. The lowest BCUT2D eigenvalue weighted by atomic mass is 10.1. The van der Waals surface area contributed by atoms with Crippen LogP contribution in [0.5, 0.6) is 11.5 Å². The van der Waals surface area contributed by atoms with Crippen molar-refractivity contribution in [1.29, 1.82) is 0 Å². The van der Waals surface area contributed by atoms with Gasteiger partial charge in [-0.15, -0.1) is 0 Å². The number of piperazine rings is 1. The van der Waals surface area contributed by atoms with Gasteiger partial charge in [-0.1, -0.05) is 72.8 Å². The third-order valence-corrected chi connectivity index (χ3v) is 6.75. The van der Waals surface area contributed by atoms with Crippen molar-refractivity contribution in [3.05, 3.63) is 120 Å². The van der Waals surface area contributed by atoms with E-state index in [1.807, 2.05) is 78.9 Å². The molecule has 5 rings (SSSR count). The molecule has 6 nitrogen and oxygen atoms in total. The highest BCUT2D eigenvalue weighted by atomic mass is 16.5. The van der Waals surface area contributed by atoms with E-state index >= 15 is 0 Å². The minimum atomic E-state index is -0.307. The Morgan fingerprint density at radius 2 is 1.26 bits per heavy atom. The number of hydrogen-bond donors (Lipinski definition) is 1. The fourth-order valence-electron chi connectivity index (χ4n) is 4.84. The van der Waals surface area contributed by atoms with E-state index in [1.54, 1.807) is 0 Å². The molecule has 4 aromatic rings. The fraction of sp³-hybridized carbons (Fsp3) is 0.219. The molecule has 1 aliphatic heterocycles. The van der Waals surface area contributed by atoms with E-state index in [0.29, 0.717) is 19.8 Å². The number of carbonyl (C=O) groups excluding carboxylic acids is 1. The maximum absolute atomic E-state index is 12.0. The van der Waals surface area contributed by atoms with Gasteiger partial charge in [0.1, 0.15) is 24.7 Å². The first-order valence-electron chi connectivity index (χ1n) is 13.0. The molecule has 38 heavy (non-hydrogen) atoms. The van der Waals surface area contributed by atoms with Crippen LogP contribution in [-0.2, 0) is 18.0 Å². The van der Waals surface area contributed by atoms with Crippen molar-refractivity contribution in [2.24, 2.45) is 5.73 Å². The normalized spacial score (nSPS) is 15.2. The van der Waals surface area contributed by atoms with E-state index in [0.717, 1.165) is 47.1 Å². The second-order valence-corrected chi connectivity index (χ2v) is 9.51. The zero-order valence-corrected chi connectivity index (χ0v) is 21.4. The van der Waals surface area contributed by atoms with Crippen LogP contribution in [0.4, 0.5) is 11.4 Å². The van der Waals surface area contributed by atoms with Gasteiger partial charge < -0.3 is 25.0 Å². The quantitative estimate of drug-likeness (QED) is 0.311. The van der Waals surface area contributed by atoms with Crippen molar-refractivity contribution in [2.75, 3.05) is 29.4 Å². The zero-order valence-electron chi connectivity index (χ0n) is 21.4. The van der Waals surface area contributed by atoms with Crippen molar-refractivity contribution < 1.29 is 14.3 Å². The summed E-state index contributed by atoms with van der Waals surface area (Å²) >= 11 is 0. The topological polar surface area (TPSA) is 68.0 Å². The van der Waals surface area contributed by atoms with Gasteiger partial charge in [0, 0.05) is 49.6 Å². The highest BCUT2D eigenvalue weighted by molar-refractivity contribution is 5.75. The van der Waals surface area contributed by atoms with Crippen molar-refractivity contribution in [3.8, 4) is 11.5 Å². The molecular formula is C32H33N3O3. The average molecular weight is 508 g/mol. The molecule has 1 fully saturated rings. The molecule has 0 bridgehead atoms. The largest absolute Gasteiger partial charge is 0.489 e. The number of carbonyl (C=O) groups is 1. The summed E-state index contributed by atoms with van der Waals surface area (Å²) in [6.45, 7) is 3.28. The standard InChI is InChI=1S/C32H33N3O3/c33-32(36)21-29-22-34(27-13-7-15-30(19-27)37-23-25-9-3-1-4-10-25)17-18-35(29)28-14-8-16-31(20-28)38-24-26-11-5-2-6-12-26/h1-16,19-20,29H,17-18,21-24H2,(H2,33,36). The summed E-state index contributed by atoms with van der Waals surface area (Å²) < 4.78 is 12.1. The minimum Gasteiger partial charge on any atom is -0.489 e. The summed E-state index contributed by atoms with van der Waals surface area (Å²) in [6.07, 6.45) is 0.274. The molecule has 1 atom stereocenters. The molecule has 6 heteroatoms. The SMILES string of the molecule is NC(=O)CC1CN(c2cccc(OCc3ccccc3)c2)CCN1c1cccc(OCc2ccccc2)c1. The smallest absolute Gasteiger partial charge is 0.219 e. The maximum Gasteiger partial charge on any atom is 0.219 e. The monoisotopic (exact) mass is 507 g/mol. The van der Waals surface area contributed by atoms with Crippen LogP contribution in [0.1, 0.15) is 17.5 Å². The van der Waals surface area contributed by atoms with E-state index in [1.165, 1.54) is 0 Å². The molecule has 194 valence electrons. The predicted octanol–water partition coefficient (Wildman–Crippen LogP) is 5.42. The molecule has 1 saturated heterocycles. The first-order chi connectivity index (χ1) is 18.6. The number of nitrogens with two attached hydrogens (primary N) is 1. The zero-order chi connectivity index (χ0) is 26.2. The Hall–Kier alpha value is -4.45. The first kappa shape index (κ1) is 25.2. The van der Waals surface area contributed by atoms with Crippen LogP contribution in [0.25, 0.3) is 0 Å². The lowest BCUT2D eigenvalue weighted by molar-refractivity contribution is -0.118. The van der Waals surface area contributed by atoms with Crippen LogP contribution in [-0.4, -0.2) is 31.6 Å². The Kier molecular flexibility index (Phi) is 8.09. The van der Waals surface area contributed by atoms with E-state index in [2.05, 4.69) is 40.1 Å². The van der Waals surface area contributed by atoms with Gasteiger partial charge in [-0.2, -0.15) is 0 Å². The Morgan fingerprint density at radius 1 is 0.711 bits per heavy atom. The van der Waals surface area contributed by atoms with Gasteiger partial charge in [0.25, 0.3) is 0 Å². The van der Waals surface area contributed by atoms with Crippen LogP contribution < -0.4 is 25.0 Å². The first-order valence-corrected chi connectivity index (χ1v) is 13.0. The van der Waals surface area contributed by atoms with Gasteiger partial charge in [0.05, 0.1) is 6.04 Å². The van der Waals surface area contributed by atoms with Crippen LogP contribution in [0.2, 0.25) is 0 Å². The summed E-state index contributed by atoms with van der Waals surface area (Å²) in [5.41, 5.74) is 10.0. The second-order valence-electron chi connectivity index (χ2n) is 9.51. The molecule has 1 unspecified atom stereocenters. The third-order valence-electron chi connectivity index (χ3n) is 6.75. The van der Waals surface area contributed by atoms with Gasteiger partial charge in [-0.3, -0.25) is 4.79 Å². The van der Waals surface area contributed by atoms with E-state index in [4.69, 9.17) is 15.2 Å². The number of amides is 1. The summed E-state index contributed by atoms with van der Waals surface area (Å²) in [5.74, 6) is 1.32. The molecule has 0 spiro atoms. The molecule has 0 aromatic heterocycles. The minimum absolute atomic E-state index is 0.0560. The van der Waals surface area contributed by atoms with Crippen molar-refractivity contribution in [2.45, 2.75) is 25.7 Å². The molecule has 1 amide bonds. The van der Waals surface area contributed by atoms with Crippen LogP contribution in [0.3, 0.4) is 0 Å². The molecule has 2 N–H and O–H groups in total. The lowest BCUT2D eigenvalue weighted by Crippen LogP contribution is -2.54. The lowest BCUT2D eigenvalue weighted by Gasteiger charge is -2.43.